The van der Waals surface area contributed by atoms with Crippen molar-refractivity contribution in [3.8, 4) is 11.8 Å². The monoisotopic (exact) mass is 349 g/mol. The highest BCUT2D eigenvalue weighted by Crippen LogP contribution is 2.44. The van der Waals surface area contributed by atoms with Crippen LogP contribution in [0, 0.1) is 11.3 Å². The molecule has 4 rings (SSSR count). The van der Waals surface area contributed by atoms with Crippen LogP contribution in [0.25, 0.3) is 10.9 Å². The van der Waals surface area contributed by atoms with Crippen molar-refractivity contribution in [3.63, 3.8) is 0 Å². The molecule has 3 N–H and O–H groups in total. The number of para-hydroxylation sites is 1. The second kappa shape index (κ2) is 5.69. The Bertz CT molecular complexity index is 1140. The van der Waals surface area contributed by atoms with Gasteiger partial charge in [-0.3, -0.25) is 4.79 Å². The maximum atomic E-state index is 12.8. The number of rotatable bonds is 1. The number of halogens is 1. The van der Waals surface area contributed by atoms with Crippen molar-refractivity contribution < 1.29 is 4.74 Å². The number of nitrogens with two attached hydrogens (primary N) is 1. The molecule has 0 radical (unpaired) electrons. The number of allylic oxidation sites excluding steroid dienone is 1. The zero-order valence-electron chi connectivity index (χ0n) is 12.9. The van der Waals surface area contributed by atoms with Gasteiger partial charge >= 0.3 is 0 Å². The van der Waals surface area contributed by atoms with Crippen LogP contribution >= 0.6 is 11.6 Å². The van der Waals surface area contributed by atoms with E-state index in [1.807, 2.05) is 18.2 Å². The van der Waals surface area contributed by atoms with Gasteiger partial charge in [0.15, 0.2) is 0 Å². The third-order valence-corrected chi connectivity index (χ3v) is 4.64. The molecule has 2 heterocycles. The molecule has 5 nitrogen and oxygen atoms in total. The normalized spacial score (nSPS) is 16.2. The Hall–Kier alpha value is -3.23. The molecule has 0 aliphatic carbocycles. The first kappa shape index (κ1) is 15.3. The van der Waals surface area contributed by atoms with E-state index in [2.05, 4.69) is 11.1 Å². The Morgan fingerprint density at radius 2 is 1.88 bits per heavy atom. The summed E-state index contributed by atoms with van der Waals surface area (Å²) < 4.78 is 5.69. The van der Waals surface area contributed by atoms with E-state index in [-0.39, 0.29) is 17.0 Å². The number of ether oxygens (including phenoxy) is 1. The van der Waals surface area contributed by atoms with E-state index in [1.165, 1.54) is 0 Å². The summed E-state index contributed by atoms with van der Waals surface area (Å²) in [6.45, 7) is 0. The fourth-order valence-electron chi connectivity index (χ4n) is 3.19. The Morgan fingerprint density at radius 3 is 2.64 bits per heavy atom. The number of hydrogen-bond donors (Lipinski definition) is 2. The van der Waals surface area contributed by atoms with Crippen molar-refractivity contribution in [1.82, 2.24) is 4.98 Å². The van der Waals surface area contributed by atoms with E-state index in [0.29, 0.717) is 32.8 Å². The molecule has 2 aromatic carbocycles. The predicted molar refractivity (Wildman–Crippen MR) is 95.3 cm³/mol. The van der Waals surface area contributed by atoms with Gasteiger partial charge in [-0.2, -0.15) is 5.26 Å². The summed E-state index contributed by atoms with van der Waals surface area (Å²) in [4.78, 5) is 15.6. The van der Waals surface area contributed by atoms with Crippen molar-refractivity contribution in [2.75, 3.05) is 0 Å². The average Bonchev–Trinajstić information content (AvgIpc) is 2.61. The Kier molecular flexibility index (Phi) is 3.48. The van der Waals surface area contributed by atoms with Gasteiger partial charge in [0, 0.05) is 10.4 Å². The highest BCUT2D eigenvalue weighted by atomic mass is 35.5. The van der Waals surface area contributed by atoms with Crippen LogP contribution in [0.3, 0.4) is 0 Å². The number of aromatic nitrogens is 1. The fourth-order valence-corrected chi connectivity index (χ4v) is 3.44. The minimum Gasteiger partial charge on any atom is -0.439 e. The number of aromatic amines is 1. The van der Waals surface area contributed by atoms with Crippen molar-refractivity contribution in [2.24, 2.45) is 5.73 Å². The summed E-state index contributed by atoms with van der Waals surface area (Å²) in [6, 6.07) is 16.4. The van der Waals surface area contributed by atoms with Gasteiger partial charge in [-0.15, -0.1) is 0 Å². The van der Waals surface area contributed by atoms with Crippen LogP contribution in [0.5, 0.6) is 5.75 Å². The standard InChI is InChI=1S/C19H12ClN3O2/c20-13-7-3-1-5-10(13)15-12(9-21)18(22)25-17-11-6-2-4-8-14(11)23-19(24)16(15)17/h1-8,15H,22H2,(H,23,24)/t15-/m0/s1. The van der Waals surface area contributed by atoms with E-state index in [9.17, 15) is 10.1 Å². The van der Waals surface area contributed by atoms with Crippen LogP contribution in [-0.2, 0) is 0 Å². The molecular weight excluding hydrogens is 338 g/mol. The lowest BCUT2D eigenvalue weighted by Crippen LogP contribution is -2.28. The summed E-state index contributed by atoms with van der Waals surface area (Å²) in [7, 11) is 0. The smallest absolute Gasteiger partial charge is 0.256 e. The first-order chi connectivity index (χ1) is 12.1. The summed E-state index contributed by atoms with van der Waals surface area (Å²) in [5.74, 6) is -0.341. The molecule has 6 heteroatoms. The molecule has 25 heavy (non-hydrogen) atoms. The van der Waals surface area contributed by atoms with Gasteiger partial charge in [-0.1, -0.05) is 41.9 Å². The van der Waals surface area contributed by atoms with Gasteiger partial charge in [0.05, 0.1) is 17.0 Å². The van der Waals surface area contributed by atoms with Gasteiger partial charge in [0.25, 0.3) is 5.56 Å². The molecule has 122 valence electrons. The number of nitrogens with one attached hydrogen (secondary N) is 1. The second-order valence-electron chi connectivity index (χ2n) is 5.69. The van der Waals surface area contributed by atoms with Gasteiger partial charge in [-0.25, -0.2) is 0 Å². The Labute approximate surface area is 147 Å². The van der Waals surface area contributed by atoms with Crippen LogP contribution in [0.1, 0.15) is 17.0 Å². The summed E-state index contributed by atoms with van der Waals surface area (Å²) in [5.41, 5.74) is 7.44. The summed E-state index contributed by atoms with van der Waals surface area (Å²) in [5, 5.41) is 10.8. The molecule has 0 saturated heterocycles. The molecule has 1 aliphatic heterocycles. The zero-order chi connectivity index (χ0) is 17.6. The van der Waals surface area contributed by atoms with Crippen molar-refractivity contribution in [3.05, 3.63) is 86.5 Å². The number of hydrogen-bond acceptors (Lipinski definition) is 4. The first-order valence-electron chi connectivity index (χ1n) is 7.58. The molecule has 0 saturated carbocycles. The number of nitrogens with zero attached hydrogens (tertiary/aromatic N) is 1. The summed E-state index contributed by atoms with van der Waals surface area (Å²) in [6.07, 6.45) is 0. The number of benzene rings is 2. The Balaban J connectivity index is 2.12. The highest BCUT2D eigenvalue weighted by molar-refractivity contribution is 6.31. The Morgan fingerprint density at radius 1 is 1.16 bits per heavy atom. The predicted octanol–water partition coefficient (Wildman–Crippen LogP) is 3.40. The molecule has 1 aliphatic rings. The molecular formula is C19H12ClN3O2. The van der Waals surface area contributed by atoms with Gasteiger partial charge in [-0.05, 0) is 23.8 Å². The molecule has 0 fully saturated rings. The van der Waals surface area contributed by atoms with Crippen LogP contribution in [0.4, 0.5) is 0 Å². The van der Waals surface area contributed by atoms with Crippen molar-refractivity contribution in [2.45, 2.75) is 5.92 Å². The van der Waals surface area contributed by atoms with Crippen LogP contribution in [-0.4, -0.2) is 4.98 Å². The van der Waals surface area contributed by atoms with Crippen molar-refractivity contribution >= 4 is 22.5 Å². The highest BCUT2D eigenvalue weighted by Gasteiger charge is 2.35. The molecule has 0 bridgehead atoms. The number of H-pyrrole nitrogens is 1. The lowest BCUT2D eigenvalue weighted by atomic mass is 9.83. The fraction of sp³-hybridized carbons (Fsp3) is 0.0526. The van der Waals surface area contributed by atoms with E-state index in [4.69, 9.17) is 22.1 Å². The molecule has 3 aromatic rings. The van der Waals surface area contributed by atoms with E-state index < -0.39 is 5.92 Å². The third kappa shape index (κ3) is 2.27. The van der Waals surface area contributed by atoms with E-state index in [0.717, 1.165) is 0 Å². The number of nitriles is 1. The first-order valence-corrected chi connectivity index (χ1v) is 7.96. The zero-order valence-corrected chi connectivity index (χ0v) is 13.7. The van der Waals surface area contributed by atoms with Crippen LogP contribution < -0.4 is 16.0 Å². The number of fused-ring (bicyclic) bond motifs is 3. The van der Waals surface area contributed by atoms with Crippen molar-refractivity contribution in [1.29, 1.82) is 5.26 Å². The average molecular weight is 350 g/mol. The lowest BCUT2D eigenvalue weighted by Gasteiger charge is -2.27. The van der Waals surface area contributed by atoms with Gasteiger partial charge in [0.2, 0.25) is 5.88 Å². The largest absolute Gasteiger partial charge is 0.439 e. The maximum absolute atomic E-state index is 12.8. The van der Waals surface area contributed by atoms with Gasteiger partial charge < -0.3 is 15.5 Å². The minimum atomic E-state index is -0.684. The number of pyridine rings is 1. The maximum Gasteiger partial charge on any atom is 0.256 e. The van der Waals surface area contributed by atoms with Crippen LogP contribution in [0.2, 0.25) is 5.02 Å². The van der Waals surface area contributed by atoms with E-state index in [1.54, 1.807) is 30.3 Å². The summed E-state index contributed by atoms with van der Waals surface area (Å²) >= 11 is 6.34. The van der Waals surface area contributed by atoms with E-state index >= 15 is 0 Å². The van der Waals surface area contributed by atoms with Crippen LogP contribution in [0.15, 0.2) is 64.8 Å². The molecule has 0 amide bonds. The quantitative estimate of drug-likeness (QED) is 0.704. The molecule has 1 atom stereocenters. The molecule has 0 spiro atoms. The molecule has 1 aromatic heterocycles. The SMILES string of the molecule is N#CC1=C(N)Oc2c(c(=O)[nH]c3ccccc23)[C@H]1c1ccccc1Cl. The van der Waals surface area contributed by atoms with Gasteiger partial charge in [0.1, 0.15) is 17.4 Å². The third-order valence-electron chi connectivity index (χ3n) is 4.30. The second-order valence-corrected chi connectivity index (χ2v) is 6.10. The minimum absolute atomic E-state index is 0.0179. The topological polar surface area (TPSA) is 91.9 Å². The molecule has 0 unspecified atom stereocenters. The lowest BCUT2D eigenvalue weighted by molar-refractivity contribution is 0.397.